The number of likely N-dealkylation sites (tertiary alicyclic amines) is 1. The number of hydrogen-bond acceptors (Lipinski definition) is 4. The van der Waals surface area contributed by atoms with Gasteiger partial charge in [-0.25, -0.2) is 4.98 Å². The van der Waals surface area contributed by atoms with Crippen LogP contribution in [-0.2, 0) is 6.54 Å². The molecule has 2 fully saturated rings. The number of rotatable bonds is 2. The molecule has 1 saturated heterocycles. The van der Waals surface area contributed by atoms with Gasteiger partial charge in [-0.05, 0) is 31.2 Å². The number of nitrogens with zero attached hydrogens (tertiary/aromatic N) is 3. The summed E-state index contributed by atoms with van der Waals surface area (Å²) in [6.45, 7) is 3.18. The Kier molecular flexibility index (Phi) is 3.55. The van der Waals surface area contributed by atoms with Crippen LogP contribution in [0.5, 0.6) is 0 Å². The third-order valence-electron chi connectivity index (χ3n) is 5.12. The van der Waals surface area contributed by atoms with E-state index in [1.165, 1.54) is 50.0 Å². The zero-order chi connectivity index (χ0) is 14.2. The first kappa shape index (κ1) is 13.5. The fourth-order valence-electron chi connectivity index (χ4n) is 4.02. The van der Waals surface area contributed by atoms with Crippen LogP contribution in [0.1, 0.15) is 37.8 Å². The Bertz CT molecular complexity index is 692. The summed E-state index contributed by atoms with van der Waals surface area (Å²) in [7, 11) is 0. The van der Waals surface area contributed by atoms with E-state index in [0.717, 1.165) is 35.6 Å². The van der Waals surface area contributed by atoms with Gasteiger partial charge in [0.05, 0.1) is 5.69 Å². The molecule has 2 aliphatic rings. The van der Waals surface area contributed by atoms with Crippen LogP contribution in [0.4, 0.5) is 0 Å². The highest BCUT2D eigenvalue weighted by atomic mass is 32.1. The van der Waals surface area contributed by atoms with Gasteiger partial charge in [-0.2, -0.15) is 0 Å². The van der Waals surface area contributed by atoms with Crippen LogP contribution in [0.25, 0.3) is 4.96 Å². The Morgan fingerprint density at radius 2 is 2.10 bits per heavy atom. The van der Waals surface area contributed by atoms with E-state index in [0.29, 0.717) is 0 Å². The van der Waals surface area contributed by atoms with Crippen LogP contribution in [0.15, 0.2) is 22.4 Å². The maximum absolute atomic E-state index is 12.0. The van der Waals surface area contributed by atoms with Crippen molar-refractivity contribution >= 4 is 16.3 Å². The molecule has 112 valence electrons. The Hall–Kier alpha value is -1.20. The Balaban J connectivity index is 1.50. The van der Waals surface area contributed by atoms with Gasteiger partial charge in [0.25, 0.3) is 5.56 Å². The summed E-state index contributed by atoms with van der Waals surface area (Å²) in [5.74, 6) is 1.83. The SMILES string of the molecule is O=c1cc(CN2CC[C@H]3CCCC[C@H]3C2)nc2sccn12. The first-order chi connectivity index (χ1) is 10.3. The second-order valence-electron chi connectivity index (χ2n) is 6.47. The quantitative estimate of drug-likeness (QED) is 0.856. The standard InChI is InChI=1S/C16H21N3OS/c20-15-9-14(17-16-19(15)7-8-21-16)11-18-6-5-12-3-1-2-4-13(12)10-18/h7-9,12-13H,1-6,10-11H2/t12-,13+/m1/s1. The monoisotopic (exact) mass is 303 g/mol. The molecule has 2 atom stereocenters. The van der Waals surface area contributed by atoms with Gasteiger partial charge in [0.2, 0.25) is 0 Å². The van der Waals surface area contributed by atoms with Crippen molar-refractivity contribution < 1.29 is 0 Å². The number of hydrogen-bond donors (Lipinski definition) is 0. The van der Waals surface area contributed by atoms with Crippen molar-refractivity contribution in [3.05, 3.63) is 33.7 Å². The number of aromatic nitrogens is 2. The fourth-order valence-corrected chi connectivity index (χ4v) is 4.76. The summed E-state index contributed by atoms with van der Waals surface area (Å²) >= 11 is 1.53. The molecule has 0 radical (unpaired) electrons. The second-order valence-corrected chi connectivity index (χ2v) is 7.34. The van der Waals surface area contributed by atoms with Crippen molar-refractivity contribution in [2.24, 2.45) is 11.8 Å². The molecule has 2 aromatic rings. The molecule has 2 aromatic heterocycles. The minimum absolute atomic E-state index is 0.0452. The van der Waals surface area contributed by atoms with Crippen molar-refractivity contribution in [2.45, 2.75) is 38.6 Å². The average molecular weight is 303 g/mol. The van der Waals surface area contributed by atoms with Crippen molar-refractivity contribution in [1.29, 1.82) is 0 Å². The molecule has 1 aliphatic carbocycles. The average Bonchev–Trinajstić information content (AvgIpc) is 2.96. The summed E-state index contributed by atoms with van der Waals surface area (Å²) in [6, 6.07) is 1.70. The molecular weight excluding hydrogens is 282 g/mol. The molecule has 0 aromatic carbocycles. The fraction of sp³-hybridized carbons (Fsp3) is 0.625. The van der Waals surface area contributed by atoms with Crippen molar-refractivity contribution in [2.75, 3.05) is 13.1 Å². The van der Waals surface area contributed by atoms with Crippen molar-refractivity contribution in [1.82, 2.24) is 14.3 Å². The van der Waals surface area contributed by atoms with Gasteiger partial charge < -0.3 is 0 Å². The molecule has 21 heavy (non-hydrogen) atoms. The zero-order valence-corrected chi connectivity index (χ0v) is 13.0. The van der Waals surface area contributed by atoms with E-state index in [2.05, 4.69) is 9.88 Å². The first-order valence-corrected chi connectivity index (χ1v) is 8.86. The van der Waals surface area contributed by atoms with Crippen molar-refractivity contribution in [3.8, 4) is 0 Å². The molecular formula is C16H21N3OS. The lowest BCUT2D eigenvalue weighted by molar-refractivity contribution is 0.0812. The number of thiazole rings is 1. The van der Waals surface area contributed by atoms with Gasteiger partial charge in [0.1, 0.15) is 0 Å². The lowest BCUT2D eigenvalue weighted by Gasteiger charge is -2.41. The van der Waals surface area contributed by atoms with Gasteiger partial charge in [0.15, 0.2) is 4.96 Å². The Morgan fingerprint density at radius 3 is 3.00 bits per heavy atom. The van der Waals surface area contributed by atoms with Crippen LogP contribution in [0.2, 0.25) is 0 Å². The van der Waals surface area contributed by atoms with E-state index >= 15 is 0 Å². The normalized spacial score (nSPS) is 26.9. The molecule has 0 amide bonds. The molecule has 0 bridgehead atoms. The predicted octanol–water partition coefficient (Wildman–Crippen LogP) is 2.77. The van der Waals surface area contributed by atoms with E-state index in [1.54, 1.807) is 16.7 Å². The summed E-state index contributed by atoms with van der Waals surface area (Å²) in [5.41, 5.74) is 0.973. The van der Waals surface area contributed by atoms with Gasteiger partial charge in [-0.1, -0.05) is 19.3 Å². The predicted molar refractivity (Wildman–Crippen MR) is 84.7 cm³/mol. The highest BCUT2D eigenvalue weighted by Gasteiger charge is 2.31. The van der Waals surface area contributed by atoms with Crippen molar-refractivity contribution in [3.63, 3.8) is 0 Å². The van der Waals surface area contributed by atoms with E-state index in [4.69, 9.17) is 0 Å². The van der Waals surface area contributed by atoms with E-state index in [1.807, 2.05) is 5.38 Å². The van der Waals surface area contributed by atoms with Crippen LogP contribution in [-0.4, -0.2) is 27.4 Å². The maximum atomic E-state index is 12.0. The van der Waals surface area contributed by atoms with Gasteiger partial charge in [-0.15, -0.1) is 11.3 Å². The molecule has 0 unspecified atom stereocenters. The molecule has 0 N–H and O–H groups in total. The van der Waals surface area contributed by atoms with Crippen LogP contribution in [0, 0.1) is 11.8 Å². The van der Waals surface area contributed by atoms with Crippen LogP contribution in [0.3, 0.4) is 0 Å². The lowest BCUT2D eigenvalue weighted by Crippen LogP contribution is -2.41. The summed E-state index contributed by atoms with van der Waals surface area (Å²) < 4.78 is 1.63. The van der Waals surface area contributed by atoms with Gasteiger partial charge in [0, 0.05) is 30.7 Å². The smallest absolute Gasteiger partial charge is 0.258 e. The third kappa shape index (κ3) is 2.64. The molecule has 1 aliphatic heterocycles. The van der Waals surface area contributed by atoms with E-state index < -0.39 is 0 Å². The van der Waals surface area contributed by atoms with Gasteiger partial charge >= 0.3 is 0 Å². The molecule has 4 rings (SSSR count). The summed E-state index contributed by atoms with van der Waals surface area (Å²) in [4.78, 5) is 20.0. The first-order valence-electron chi connectivity index (χ1n) is 7.98. The summed E-state index contributed by atoms with van der Waals surface area (Å²) in [5, 5.41) is 1.92. The molecule has 5 heteroatoms. The number of fused-ring (bicyclic) bond motifs is 2. The highest BCUT2D eigenvalue weighted by Crippen LogP contribution is 2.36. The highest BCUT2D eigenvalue weighted by molar-refractivity contribution is 7.15. The minimum atomic E-state index is 0.0452. The van der Waals surface area contributed by atoms with E-state index in [-0.39, 0.29) is 5.56 Å². The second kappa shape index (κ2) is 5.54. The molecule has 1 saturated carbocycles. The lowest BCUT2D eigenvalue weighted by atomic mass is 9.75. The molecule has 0 spiro atoms. The van der Waals surface area contributed by atoms with Crippen LogP contribution >= 0.6 is 11.3 Å². The Morgan fingerprint density at radius 1 is 1.24 bits per heavy atom. The largest absolute Gasteiger partial charge is 0.297 e. The Labute approximate surface area is 128 Å². The number of piperidine rings is 1. The van der Waals surface area contributed by atoms with Crippen LogP contribution < -0.4 is 5.56 Å². The topological polar surface area (TPSA) is 37.6 Å². The molecule has 4 nitrogen and oxygen atoms in total. The van der Waals surface area contributed by atoms with Gasteiger partial charge in [-0.3, -0.25) is 14.1 Å². The zero-order valence-electron chi connectivity index (χ0n) is 12.2. The minimum Gasteiger partial charge on any atom is -0.297 e. The van der Waals surface area contributed by atoms with E-state index in [9.17, 15) is 4.79 Å². The molecule has 3 heterocycles. The summed E-state index contributed by atoms with van der Waals surface area (Å²) in [6.07, 6.45) is 8.77. The third-order valence-corrected chi connectivity index (χ3v) is 5.87. The maximum Gasteiger partial charge on any atom is 0.258 e.